The van der Waals surface area contributed by atoms with E-state index in [1.807, 2.05) is 0 Å². The standard InChI is InChI=1S/C14H28O/c1-3-5-8-12-10-7-11-13(14(12)15)9-6-4-2/h12-15H,3-11H2,1-2H3. The van der Waals surface area contributed by atoms with Gasteiger partial charge in [-0.2, -0.15) is 0 Å². The zero-order valence-electron chi connectivity index (χ0n) is 10.5. The first kappa shape index (κ1) is 13.0. The first-order chi connectivity index (χ1) is 7.29. The van der Waals surface area contributed by atoms with Crippen LogP contribution in [0.4, 0.5) is 0 Å². The van der Waals surface area contributed by atoms with E-state index in [1.165, 1.54) is 57.8 Å². The Kier molecular flexibility index (Phi) is 6.31. The Balaban J connectivity index is 2.33. The zero-order valence-corrected chi connectivity index (χ0v) is 10.5. The molecule has 2 unspecified atom stereocenters. The van der Waals surface area contributed by atoms with Crippen LogP contribution in [-0.2, 0) is 0 Å². The molecule has 1 N–H and O–H groups in total. The van der Waals surface area contributed by atoms with Gasteiger partial charge in [-0.25, -0.2) is 0 Å². The van der Waals surface area contributed by atoms with Gasteiger partial charge in [-0.15, -0.1) is 0 Å². The minimum Gasteiger partial charge on any atom is -0.393 e. The third kappa shape index (κ3) is 4.14. The van der Waals surface area contributed by atoms with Crippen molar-refractivity contribution in [2.75, 3.05) is 0 Å². The Labute approximate surface area is 95.3 Å². The molecule has 0 bridgehead atoms. The monoisotopic (exact) mass is 212 g/mol. The van der Waals surface area contributed by atoms with E-state index in [4.69, 9.17) is 0 Å². The summed E-state index contributed by atoms with van der Waals surface area (Å²) in [5, 5.41) is 10.3. The van der Waals surface area contributed by atoms with Crippen LogP contribution in [0, 0.1) is 11.8 Å². The maximum Gasteiger partial charge on any atom is 0.0596 e. The van der Waals surface area contributed by atoms with E-state index >= 15 is 0 Å². The molecule has 0 radical (unpaired) electrons. The molecule has 2 atom stereocenters. The molecule has 0 heterocycles. The summed E-state index contributed by atoms with van der Waals surface area (Å²) in [4.78, 5) is 0. The highest BCUT2D eigenvalue weighted by atomic mass is 16.3. The third-order valence-electron chi connectivity index (χ3n) is 3.97. The molecule has 15 heavy (non-hydrogen) atoms. The van der Waals surface area contributed by atoms with E-state index in [2.05, 4.69) is 13.8 Å². The lowest BCUT2D eigenvalue weighted by Crippen LogP contribution is -2.33. The quantitative estimate of drug-likeness (QED) is 0.701. The Bertz CT molecular complexity index is 139. The molecular formula is C14H28O. The first-order valence-corrected chi connectivity index (χ1v) is 6.97. The van der Waals surface area contributed by atoms with Crippen LogP contribution < -0.4 is 0 Å². The highest BCUT2D eigenvalue weighted by Crippen LogP contribution is 2.35. The zero-order chi connectivity index (χ0) is 11.1. The number of hydrogen-bond donors (Lipinski definition) is 1. The second-order valence-corrected chi connectivity index (χ2v) is 5.23. The van der Waals surface area contributed by atoms with Crippen LogP contribution in [0.25, 0.3) is 0 Å². The molecule has 90 valence electrons. The van der Waals surface area contributed by atoms with Gasteiger partial charge < -0.3 is 5.11 Å². The Hall–Kier alpha value is -0.0400. The molecule has 1 fully saturated rings. The van der Waals surface area contributed by atoms with Crippen molar-refractivity contribution in [1.29, 1.82) is 0 Å². The summed E-state index contributed by atoms with van der Waals surface area (Å²) in [5.41, 5.74) is 0. The van der Waals surface area contributed by atoms with E-state index in [1.54, 1.807) is 0 Å². The molecule has 0 aromatic carbocycles. The minimum absolute atomic E-state index is 0.0110. The smallest absolute Gasteiger partial charge is 0.0596 e. The maximum absolute atomic E-state index is 10.3. The highest BCUT2D eigenvalue weighted by molar-refractivity contribution is 4.81. The average molecular weight is 212 g/mol. The van der Waals surface area contributed by atoms with Crippen molar-refractivity contribution in [2.45, 2.75) is 77.7 Å². The SMILES string of the molecule is CCCCC1CCCC(CCCC)C1O. The third-order valence-corrected chi connectivity index (χ3v) is 3.97. The predicted octanol–water partition coefficient (Wildman–Crippen LogP) is 4.14. The molecule has 1 aliphatic rings. The number of aliphatic hydroxyl groups excluding tert-OH is 1. The summed E-state index contributed by atoms with van der Waals surface area (Å²) < 4.78 is 0. The molecule has 1 heteroatoms. The van der Waals surface area contributed by atoms with Gasteiger partial charge in [0, 0.05) is 0 Å². The summed E-state index contributed by atoms with van der Waals surface area (Å²) in [5.74, 6) is 1.22. The lowest BCUT2D eigenvalue weighted by atomic mass is 9.75. The van der Waals surface area contributed by atoms with Gasteiger partial charge in [0.25, 0.3) is 0 Å². The van der Waals surface area contributed by atoms with Crippen molar-refractivity contribution < 1.29 is 5.11 Å². The number of unbranched alkanes of at least 4 members (excludes halogenated alkanes) is 2. The van der Waals surface area contributed by atoms with E-state index < -0.39 is 0 Å². The topological polar surface area (TPSA) is 20.2 Å². The summed E-state index contributed by atoms with van der Waals surface area (Å²) in [6, 6.07) is 0. The van der Waals surface area contributed by atoms with Crippen molar-refractivity contribution in [3.05, 3.63) is 0 Å². The Morgan fingerprint density at radius 2 is 1.40 bits per heavy atom. The van der Waals surface area contributed by atoms with Gasteiger partial charge in [0.2, 0.25) is 0 Å². The maximum atomic E-state index is 10.3. The molecule has 0 aromatic heterocycles. The lowest BCUT2D eigenvalue weighted by molar-refractivity contribution is 0.00870. The van der Waals surface area contributed by atoms with Gasteiger partial charge in [-0.05, 0) is 37.5 Å². The normalized spacial score (nSPS) is 31.8. The molecule has 0 aromatic rings. The fraction of sp³-hybridized carbons (Fsp3) is 1.00. The second-order valence-electron chi connectivity index (χ2n) is 5.23. The van der Waals surface area contributed by atoms with Gasteiger partial charge in [-0.1, -0.05) is 46.0 Å². The van der Waals surface area contributed by atoms with E-state index in [0.29, 0.717) is 11.8 Å². The van der Waals surface area contributed by atoms with E-state index in [9.17, 15) is 5.11 Å². The minimum atomic E-state index is 0.0110. The van der Waals surface area contributed by atoms with Crippen LogP contribution in [0.3, 0.4) is 0 Å². The van der Waals surface area contributed by atoms with Crippen molar-refractivity contribution in [1.82, 2.24) is 0 Å². The van der Waals surface area contributed by atoms with Crippen LogP contribution in [0.5, 0.6) is 0 Å². The molecule has 1 saturated carbocycles. The molecule has 1 rings (SSSR count). The molecule has 0 spiro atoms. The molecule has 0 saturated heterocycles. The second kappa shape index (κ2) is 7.27. The van der Waals surface area contributed by atoms with Crippen molar-refractivity contribution >= 4 is 0 Å². The van der Waals surface area contributed by atoms with Crippen molar-refractivity contribution in [2.24, 2.45) is 11.8 Å². The van der Waals surface area contributed by atoms with Crippen LogP contribution in [0.1, 0.15) is 71.6 Å². The Morgan fingerprint density at radius 3 is 1.80 bits per heavy atom. The number of hydrogen-bond acceptors (Lipinski definition) is 1. The van der Waals surface area contributed by atoms with Crippen LogP contribution in [-0.4, -0.2) is 11.2 Å². The average Bonchev–Trinajstić information content (AvgIpc) is 2.26. The summed E-state index contributed by atoms with van der Waals surface area (Å²) >= 11 is 0. The van der Waals surface area contributed by atoms with Gasteiger partial charge in [-0.3, -0.25) is 0 Å². The highest BCUT2D eigenvalue weighted by Gasteiger charge is 2.30. The Morgan fingerprint density at radius 1 is 0.933 bits per heavy atom. The van der Waals surface area contributed by atoms with Crippen molar-refractivity contribution in [3.8, 4) is 0 Å². The van der Waals surface area contributed by atoms with Gasteiger partial charge >= 0.3 is 0 Å². The molecular weight excluding hydrogens is 184 g/mol. The fourth-order valence-electron chi connectivity index (χ4n) is 2.93. The summed E-state index contributed by atoms with van der Waals surface area (Å²) in [6.07, 6.45) is 11.5. The van der Waals surface area contributed by atoms with Crippen LogP contribution in [0.2, 0.25) is 0 Å². The molecule has 1 nitrogen and oxygen atoms in total. The summed E-state index contributed by atoms with van der Waals surface area (Å²) in [6.45, 7) is 4.48. The fourth-order valence-corrected chi connectivity index (χ4v) is 2.93. The van der Waals surface area contributed by atoms with Crippen LogP contribution in [0.15, 0.2) is 0 Å². The summed E-state index contributed by atoms with van der Waals surface area (Å²) in [7, 11) is 0. The molecule has 0 aliphatic heterocycles. The number of aliphatic hydroxyl groups is 1. The van der Waals surface area contributed by atoms with Crippen LogP contribution >= 0.6 is 0 Å². The van der Waals surface area contributed by atoms with E-state index in [0.717, 1.165) is 0 Å². The number of rotatable bonds is 6. The van der Waals surface area contributed by atoms with Gasteiger partial charge in [0.05, 0.1) is 6.10 Å². The van der Waals surface area contributed by atoms with E-state index in [-0.39, 0.29) is 6.10 Å². The van der Waals surface area contributed by atoms with Gasteiger partial charge in [0.15, 0.2) is 0 Å². The van der Waals surface area contributed by atoms with Gasteiger partial charge in [0.1, 0.15) is 0 Å². The largest absolute Gasteiger partial charge is 0.393 e. The lowest BCUT2D eigenvalue weighted by Gasteiger charge is -2.35. The van der Waals surface area contributed by atoms with Crippen molar-refractivity contribution in [3.63, 3.8) is 0 Å². The molecule has 0 amide bonds. The first-order valence-electron chi connectivity index (χ1n) is 6.97. The predicted molar refractivity (Wildman–Crippen MR) is 65.9 cm³/mol. The molecule has 1 aliphatic carbocycles.